The van der Waals surface area contributed by atoms with Gasteiger partial charge in [0, 0.05) is 18.7 Å². The number of rotatable bonds is 2. The maximum atomic E-state index is 13.4. The van der Waals surface area contributed by atoms with Gasteiger partial charge < -0.3 is 24.0 Å². The van der Waals surface area contributed by atoms with Crippen molar-refractivity contribution in [2.45, 2.75) is 25.4 Å². The molecule has 3 aliphatic rings. The smallest absolute Gasteiger partial charge is 0.265 e. The Hall–Kier alpha value is -2.93. The van der Waals surface area contributed by atoms with Crippen LogP contribution in [-0.2, 0) is 4.79 Å². The third-order valence-electron chi connectivity index (χ3n) is 5.64. The lowest BCUT2D eigenvalue weighted by Gasteiger charge is -2.37. The maximum Gasteiger partial charge on any atom is 0.265 e. The number of likely N-dealkylation sites (tertiary alicyclic amines) is 1. The van der Waals surface area contributed by atoms with Crippen molar-refractivity contribution in [3.05, 3.63) is 47.0 Å². The number of hydrogen-bond donors (Lipinski definition) is 0. The van der Waals surface area contributed by atoms with Crippen LogP contribution in [0.3, 0.4) is 0 Å². The van der Waals surface area contributed by atoms with E-state index in [1.165, 1.54) is 0 Å². The summed E-state index contributed by atoms with van der Waals surface area (Å²) in [7, 11) is 0. The average molecular weight is 429 g/mol. The summed E-state index contributed by atoms with van der Waals surface area (Å²) in [5.74, 6) is 1.04. The molecule has 0 unspecified atom stereocenters. The van der Waals surface area contributed by atoms with E-state index < -0.39 is 6.10 Å². The van der Waals surface area contributed by atoms with Gasteiger partial charge in [0.15, 0.2) is 17.6 Å². The number of para-hydroxylation sites is 2. The first-order valence-electron chi connectivity index (χ1n) is 10.1. The SMILES string of the molecule is O=C([C@H]1CN(C(=O)c2cc(Cl)c3c(c2)OCO3)c2ccccc2O1)N1CCCCC1. The van der Waals surface area contributed by atoms with E-state index in [1.807, 2.05) is 23.1 Å². The van der Waals surface area contributed by atoms with Crippen molar-refractivity contribution < 1.29 is 23.8 Å². The molecule has 0 radical (unpaired) electrons. The molecule has 3 heterocycles. The van der Waals surface area contributed by atoms with Crippen LogP contribution in [0.4, 0.5) is 5.69 Å². The van der Waals surface area contributed by atoms with Gasteiger partial charge in [0.1, 0.15) is 5.75 Å². The maximum absolute atomic E-state index is 13.4. The fourth-order valence-corrected chi connectivity index (χ4v) is 4.39. The van der Waals surface area contributed by atoms with Crippen molar-refractivity contribution in [2.75, 3.05) is 31.3 Å². The first-order chi connectivity index (χ1) is 14.6. The normalized spacial score (nSPS) is 19.8. The van der Waals surface area contributed by atoms with Gasteiger partial charge in [-0.05, 0) is 43.5 Å². The van der Waals surface area contributed by atoms with Gasteiger partial charge in [-0.1, -0.05) is 23.7 Å². The molecular weight excluding hydrogens is 408 g/mol. The number of amides is 2. The van der Waals surface area contributed by atoms with Gasteiger partial charge in [-0.15, -0.1) is 0 Å². The number of benzene rings is 2. The van der Waals surface area contributed by atoms with Crippen LogP contribution in [-0.4, -0.2) is 49.2 Å². The molecule has 7 nitrogen and oxygen atoms in total. The number of carbonyl (C=O) groups is 2. The van der Waals surface area contributed by atoms with Gasteiger partial charge in [-0.3, -0.25) is 9.59 Å². The average Bonchev–Trinajstić information content (AvgIpc) is 3.27. The molecule has 0 aliphatic carbocycles. The van der Waals surface area contributed by atoms with Crippen molar-refractivity contribution in [1.29, 1.82) is 0 Å². The Kier molecular flexibility index (Phi) is 4.90. The predicted molar refractivity (Wildman–Crippen MR) is 111 cm³/mol. The molecule has 2 aromatic rings. The highest BCUT2D eigenvalue weighted by Gasteiger charge is 2.37. The highest BCUT2D eigenvalue weighted by Crippen LogP contribution is 2.41. The standard InChI is InChI=1S/C22H21ClN2O5/c23-15-10-14(11-18-20(15)29-13-28-18)21(26)25-12-19(22(27)24-8-4-1-5-9-24)30-17-7-3-2-6-16(17)25/h2-3,6-7,10-11,19H,1,4-5,8-9,12-13H2/t19-/m1/s1. The zero-order valence-corrected chi connectivity index (χ0v) is 17.1. The van der Waals surface area contributed by atoms with E-state index in [0.717, 1.165) is 32.4 Å². The second-order valence-corrected chi connectivity index (χ2v) is 7.97. The molecule has 0 aromatic heterocycles. The molecule has 8 heteroatoms. The molecule has 156 valence electrons. The molecule has 0 N–H and O–H groups in total. The lowest BCUT2D eigenvalue weighted by molar-refractivity contribution is -0.139. The number of hydrogen-bond acceptors (Lipinski definition) is 5. The summed E-state index contributed by atoms with van der Waals surface area (Å²) < 4.78 is 16.7. The number of carbonyl (C=O) groups excluding carboxylic acids is 2. The molecule has 5 rings (SSSR count). The van der Waals surface area contributed by atoms with Gasteiger partial charge in [-0.2, -0.15) is 0 Å². The van der Waals surface area contributed by atoms with Crippen LogP contribution in [0.5, 0.6) is 17.2 Å². The molecule has 0 bridgehead atoms. The van der Waals surface area contributed by atoms with Gasteiger partial charge in [0.25, 0.3) is 11.8 Å². The van der Waals surface area contributed by atoms with E-state index >= 15 is 0 Å². The van der Waals surface area contributed by atoms with Gasteiger partial charge in [-0.25, -0.2) is 0 Å². The second-order valence-electron chi connectivity index (χ2n) is 7.57. The fraction of sp³-hybridized carbons (Fsp3) is 0.364. The minimum absolute atomic E-state index is 0.0689. The Morgan fingerprint density at radius 3 is 2.63 bits per heavy atom. The van der Waals surface area contributed by atoms with Crippen LogP contribution in [0, 0.1) is 0 Å². The van der Waals surface area contributed by atoms with E-state index in [4.69, 9.17) is 25.8 Å². The summed E-state index contributed by atoms with van der Waals surface area (Å²) in [5, 5.41) is 0.316. The van der Waals surface area contributed by atoms with E-state index in [-0.39, 0.29) is 25.2 Å². The number of ether oxygens (including phenoxy) is 3. The van der Waals surface area contributed by atoms with Crippen LogP contribution >= 0.6 is 11.6 Å². The van der Waals surface area contributed by atoms with Crippen molar-refractivity contribution in [3.8, 4) is 17.2 Å². The van der Waals surface area contributed by atoms with Crippen molar-refractivity contribution >= 4 is 29.1 Å². The van der Waals surface area contributed by atoms with E-state index in [0.29, 0.717) is 33.5 Å². The number of piperidine rings is 1. The summed E-state index contributed by atoms with van der Waals surface area (Å²) in [6, 6.07) is 10.4. The van der Waals surface area contributed by atoms with E-state index in [2.05, 4.69) is 0 Å². The number of nitrogens with zero attached hydrogens (tertiary/aromatic N) is 2. The van der Waals surface area contributed by atoms with Crippen LogP contribution in [0.2, 0.25) is 5.02 Å². The third kappa shape index (κ3) is 3.33. The third-order valence-corrected chi connectivity index (χ3v) is 5.92. The van der Waals surface area contributed by atoms with E-state index in [1.54, 1.807) is 23.1 Å². The lowest BCUT2D eigenvalue weighted by Crippen LogP contribution is -2.52. The van der Waals surface area contributed by atoms with Crippen LogP contribution in [0.25, 0.3) is 0 Å². The Labute approximate surface area is 179 Å². The summed E-state index contributed by atoms with van der Waals surface area (Å²) in [4.78, 5) is 29.9. The predicted octanol–water partition coefficient (Wildman–Crippen LogP) is 3.49. The number of fused-ring (bicyclic) bond motifs is 2. The molecular formula is C22H21ClN2O5. The fourth-order valence-electron chi connectivity index (χ4n) is 4.12. The second kappa shape index (κ2) is 7.72. The van der Waals surface area contributed by atoms with Crippen LogP contribution < -0.4 is 19.1 Å². The number of halogens is 1. The minimum atomic E-state index is -0.744. The van der Waals surface area contributed by atoms with Crippen molar-refractivity contribution in [1.82, 2.24) is 4.90 Å². The molecule has 1 fully saturated rings. The molecule has 2 aromatic carbocycles. The molecule has 1 saturated heterocycles. The Morgan fingerprint density at radius 2 is 1.80 bits per heavy atom. The van der Waals surface area contributed by atoms with Crippen LogP contribution in [0.1, 0.15) is 29.6 Å². The van der Waals surface area contributed by atoms with Gasteiger partial charge in [0.05, 0.1) is 17.3 Å². The summed E-state index contributed by atoms with van der Waals surface area (Å²) >= 11 is 6.28. The van der Waals surface area contributed by atoms with Crippen LogP contribution in [0.15, 0.2) is 36.4 Å². The van der Waals surface area contributed by atoms with Crippen molar-refractivity contribution in [3.63, 3.8) is 0 Å². The Balaban J connectivity index is 1.46. The topological polar surface area (TPSA) is 68.3 Å². The first-order valence-corrected chi connectivity index (χ1v) is 10.4. The quantitative estimate of drug-likeness (QED) is 0.732. The minimum Gasteiger partial charge on any atom is -0.476 e. The molecule has 3 aliphatic heterocycles. The van der Waals surface area contributed by atoms with Gasteiger partial charge in [0.2, 0.25) is 6.79 Å². The molecule has 0 saturated carbocycles. The largest absolute Gasteiger partial charge is 0.476 e. The van der Waals surface area contributed by atoms with Gasteiger partial charge >= 0.3 is 0 Å². The highest BCUT2D eigenvalue weighted by molar-refractivity contribution is 6.33. The Bertz CT molecular complexity index is 1010. The lowest BCUT2D eigenvalue weighted by atomic mass is 10.1. The molecule has 30 heavy (non-hydrogen) atoms. The molecule has 0 spiro atoms. The Morgan fingerprint density at radius 1 is 1.00 bits per heavy atom. The monoisotopic (exact) mass is 428 g/mol. The molecule has 2 amide bonds. The number of anilines is 1. The summed E-state index contributed by atoms with van der Waals surface area (Å²) in [6.45, 7) is 1.66. The molecule has 1 atom stereocenters. The first kappa shape index (κ1) is 19.1. The zero-order chi connectivity index (χ0) is 20.7. The van der Waals surface area contributed by atoms with Crippen molar-refractivity contribution in [2.24, 2.45) is 0 Å². The summed E-state index contributed by atoms with van der Waals surface area (Å²) in [5.41, 5.74) is 0.990. The summed E-state index contributed by atoms with van der Waals surface area (Å²) in [6.07, 6.45) is 2.38. The zero-order valence-electron chi connectivity index (χ0n) is 16.3. The van der Waals surface area contributed by atoms with E-state index in [9.17, 15) is 9.59 Å². The highest BCUT2D eigenvalue weighted by atomic mass is 35.5.